The Morgan fingerprint density at radius 1 is 1.11 bits per heavy atom. The van der Waals surface area contributed by atoms with Gasteiger partial charge in [-0.25, -0.2) is 4.98 Å². The summed E-state index contributed by atoms with van der Waals surface area (Å²) in [7, 11) is 1.69. The lowest BCUT2D eigenvalue weighted by Crippen LogP contribution is -2.31. The van der Waals surface area contributed by atoms with Crippen LogP contribution in [0.1, 0.15) is 68.8 Å². The first-order chi connectivity index (χ1) is 13.4. The van der Waals surface area contributed by atoms with E-state index in [-0.39, 0.29) is 18.9 Å². The molecule has 0 amide bonds. The quantitative estimate of drug-likeness (QED) is 0.816. The summed E-state index contributed by atoms with van der Waals surface area (Å²) in [6.07, 6.45) is 5.33. The van der Waals surface area contributed by atoms with E-state index in [1.807, 2.05) is 0 Å². The van der Waals surface area contributed by atoms with Crippen molar-refractivity contribution in [3.63, 3.8) is 0 Å². The van der Waals surface area contributed by atoms with E-state index in [1.54, 1.807) is 23.9 Å². The van der Waals surface area contributed by atoms with Crippen LogP contribution in [0.5, 0.6) is 0 Å². The molecule has 0 bridgehead atoms. The molecule has 1 N–H and O–H groups in total. The molecule has 28 heavy (non-hydrogen) atoms. The maximum atomic E-state index is 13.6. The predicted octanol–water partition coefficient (Wildman–Crippen LogP) is 4.79. The lowest BCUT2D eigenvalue weighted by Gasteiger charge is -2.33. The number of nitrogens with one attached hydrogen (secondary N) is 1. The number of halogens is 3. The molecule has 2 aromatic rings. The van der Waals surface area contributed by atoms with Gasteiger partial charge in [-0.1, -0.05) is 25.7 Å². The molecular formula is C21H27F3N4. The van der Waals surface area contributed by atoms with Gasteiger partial charge in [-0.3, -0.25) is 4.98 Å². The van der Waals surface area contributed by atoms with Gasteiger partial charge in [0.2, 0.25) is 0 Å². The van der Waals surface area contributed by atoms with Crippen LogP contribution in [0.15, 0.2) is 12.3 Å². The summed E-state index contributed by atoms with van der Waals surface area (Å²) < 4.78 is 42.3. The minimum absolute atomic E-state index is 0.137. The summed E-state index contributed by atoms with van der Waals surface area (Å²) in [5, 5.41) is 3.66. The average molecular weight is 392 g/mol. The number of aryl methyl sites for hydroxylation is 1. The van der Waals surface area contributed by atoms with Crippen LogP contribution in [0.2, 0.25) is 0 Å². The van der Waals surface area contributed by atoms with Crippen molar-refractivity contribution >= 4 is 11.2 Å². The summed E-state index contributed by atoms with van der Waals surface area (Å²) in [5.74, 6) is 1.62. The summed E-state index contributed by atoms with van der Waals surface area (Å²) >= 11 is 0. The van der Waals surface area contributed by atoms with Crippen molar-refractivity contribution in [3.8, 4) is 0 Å². The van der Waals surface area contributed by atoms with Crippen molar-refractivity contribution in [1.29, 1.82) is 0 Å². The molecule has 5 rings (SSSR count). The third kappa shape index (κ3) is 2.85. The summed E-state index contributed by atoms with van der Waals surface area (Å²) in [5.41, 5.74) is 0.556. The monoisotopic (exact) mass is 392 g/mol. The second-order valence-electron chi connectivity index (χ2n) is 9.01. The Bertz CT molecular complexity index is 880. The molecule has 1 saturated heterocycles. The molecule has 3 aliphatic rings. The first-order valence-corrected chi connectivity index (χ1v) is 10.5. The first-order valence-electron chi connectivity index (χ1n) is 10.5. The molecule has 2 saturated carbocycles. The van der Waals surface area contributed by atoms with Gasteiger partial charge >= 0.3 is 6.18 Å². The van der Waals surface area contributed by atoms with Gasteiger partial charge < -0.3 is 9.88 Å². The second-order valence-corrected chi connectivity index (χ2v) is 9.01. The standard InChI is InChI=1S/C21H27F3N4/c1-28-18(20(8-9-20)21(22,23)24)10-16-19(28)27-17(12-26-16)15-7-3-6-14(11-25-15)13-4-2-5-13/h10,12-15,25H,2-9,11H2,1H3. The number of hydrogen-bond donors (Lipinski definition) is 1. The van der Waals surface area contributed by atoms with Crippen molar-refractivity contribution in [1.82, 2.24) is 19.9 Å². The van der Waals surface area contributed by atoms with Crippen LogP contribution in [0.25, 0.3) is 11.2 Å². The van der Waals surface area contributed by atoms with Gasteiger partial charge in [-0.2, -0.15) is 13.2 Å². The lowest BCUT2D eigenvalue weighted by molar-refractivity contribution is -0.162. The summed E-state index contributed by atoms with van der Waals surface area (Å²) in [4.78, 5) is 9.24. The molecule has 0 aromatic carbocycles. The Morgan fingerprint density at radius 2 is 1.82 bits per heavy atom. The van der Waals surface area contributed by atoms with Crippen LogP contribution in [0.3, 0.4) is 0 Å². The zero-order valence-corrected chi connectivity index (χ0v) is 16.2. The lowest BCUT2D eigenvalue weighted by atomic mass is 9.74. The topological polar surface area (TPSA) is 42.7 Å². The second kappa shape index (κ2) is 6.44. The van der Waals surface area contributed by atoms with Gasteiger partial charge in [0, 0.05) is 12.7 Å². The number of hydrogen-bond acceptors (Lipinski definition) is 3. The molecule has 2 aromatic heterocycles. The average Bonchev–Trinajstić information content (AvgIpc) is 3.38. The Labute approximate surface area is 162 Å². The van der Waals surface area contributed by atoms with Gasteiger partial charge in [0.1, 0.15) is 10.9 Å². The molecule has 2 unspecified atom stereocenters. The van der Waals surface area contributed by atoms with E-state index in [2.05, 4.69) is 10.3 Å². The molecule has 1 aliphatic heterocycles. The van der Waals surface area contributed by atoms with Crippen molar-refractivity contribution in [2.45, 2.75) is 69.0 Å². The van der Waals surface area contributed by atoms with Crippen molar-refractivity contribution in [2.75, 3.05) is 6.54 Å². The van der Waals surface area contributed by atoms with Crippen LogP contribution in [0, 0.1) is 11.8 Å². The molecule has 2 atom stereocenters. The fraction of sp³-hybridized carbons (Fsp3) is 0.714. The highest BCUT2D eigenvalue weighted by atomic mass is 19.4. The van der Waals surface area contributed by atoms with Crippen molar-refractivity contribution in [2.24, 2.45) is 18.9 Å². The molecule has 2 aliphatic carbocycles. The Kier molecular flexibility index (Phi) is 4.23. The van der Waals surface area contributed by atoms with E-state index in [4.69, 9.17) is 4.98 Å². The molecule has 7 heteroatoms. The first kappa shape index (κ1) is 18.4. The van der Waals surface area contributed by atoms with Crippen LogP contribution in [-0.2, 0) is 12.5 Å². The molecule has 4 nitrogen and oxygen atoms in total. The van der Waals surface area contributed by atoms with Gasteiger partial charge in [-0.05, 0) is 50.1 Å². The van der Waals surface area contributed by atoms with Gasteiger partial charge in [0.15, 0.2) is 5.65 Å². The van der Waals surface area contributed by atoms with E-state index in [9.17, 15) is 13.2 Å². The molecule has 3 fully saturated rings. The maximum absolute atomic E-state index is 13.6. The predicted molar refractivity (Wildman–Crippen MR) is 101 cm³/mol. The molecule has 0 radical (unpaired) electrons. The summed E-state index contributed by atoms with van der Waals surface area (Å²) in [6.45, 7) is 1.00. The Hall–Kier alpha value is -1.63. The fourth-order valence-corrected chi connectivity index (χ4v) is 5.18. The third-order valence-electron chi connectivity index (χ3n) is 7.40. The van der Waals surface area contributed by atoms with E-state index in [0.29, 0.717) is 16.9 Å². The highest BCUT2D eigenvalue weighted by molar-refractivity contribution is 5.74. The smallest absolute Gasteiger partial charge is 0.330 e. The zero-order chi connectivity index (χ0) is 19.5. The van der Waals surface area contributed by atoms with Crippen LogP contribution in [-0.4, -0.2) is 27.3 Å². The fourth-order valence-electron chi connectivity index (χ4n) is 5.18. The van der Waals surface area contributed by atoms with Crippen molar-refractivity contribution < 1.29 is 13.2 Å². The minimum atomic E-state index is -4.22. The largest absolute Gasteiger partial charge is 0.399 e. The Balaban J connectivity index is 1.42. The van der Waals surface area contributed by atoms with Crippen LogP contribution < -0.4 is 5.32 Å². The number of fused-ring (bicyclic) bond motifs is 1. The number of rotatable bonds is 3. The van der Waals surface area contributed by atoms with Gasteiger partial charge in [0.05, 0.1) is 17.9 Å². The number of nitrogens with zero attached hydrogens (tertiary/aromatic N) is 3. The SMILES string of the molecule is Cn1c(C2(C(F)(F)F)CC2)cc2ncc(C3CCCC(C4CCC4)CN3)nc21. The van der Waals surface area contributed by atoms with Crippen LogP contribution in [0.4, 0.5) is 13.2 Å². The number of aromatic nitrogens is 3. The number of alkyl halides is 3. The Morgan fingerprint density at radius 3 is 2.46 bits per heavy atom. The van der Waals surface area contributed by atoms with E-state index in [1.165, 1.54) is 25.7 Å². The molecule has 3 heterocycles. The normalized spacial score (nSPS) is 28.1. The minimum Gasteiger partial charge on any atom is -0.330 e. The molecular weight excluding hydrogens is 365 g/mol. The summed E-state index contributed by atoms with van der Waals surface area (Å²) in [6, 6.07) is 1.72. The van der Waals surface area contributed by atoms with Gasteiger partial charge in [-0.15, -0.1) is 0 Å². The third-order valence-corrected chi connectivity index (χ3v) is 7.40. The van der Waals surface area contributed by atoms with E-state index < -0.39 is 11.6 Å². The van der Waals surface area contributed by atoms with Crippen LogP contribution >= 0.6 is 0 Å². The van der Waals surface area contributed by atoms with Crippen molar-refractivity contribution in [3.05, 3.63) is 23.7 Å². The maximum Gasteiger partial charge on any atom is 0.399 e. The highest BCUT2D eigenvalue weighted by Gasteiger charge is 2.65. The highest BCUT2D eigenvalue weighted by Crippen LogP contribution is 2.59. The van der Waals surface area contributed by atoms with Gasteiger partial charge in [0.25, 0.3) is 0 Å². The molecule has 152 valence electrons. The van der Waals surface area contributed by atoms with E-state index in [0.717, 1.165) is 36.9 Å². The zero-order valence-electron chi connectivity index (χ0n) is 16.2. The molecule has 0 spiro atoms. The van der Waals surface area contributed by atoms with E-state index >= 15 is 0 Å².